The van der Waals surface area contributed by atoms with E-state index in [0.29, 0.717) is 0 Å². The van der Waals surface area contributed by atoms with Crippen molar-refractivity contribution >= 4 is 54.1 Å². The van der Waals surface area contributed by atoms with Gasteiger partial charge in [0.05, 0.1) is 11.0 Å². The fourth-order valence-corrected chi connectivity index (χ4v) is 6.96. The van der Waals surface area contributed by atoms with Crippen molar-refractivity contribution in [3.63, 3.8) is 0 Å². The van der Waals surface area contributed by atoms with Gasteiger partial charge in [0.2, 0.25) is 0 Å². The van der Waals surface area contributed by atoms with Crippen LogP contribution in [0.25, 0.3) is 82.1 Å². The van der Waals surface area contributed by atoms with Gasteiger partial charge in [-0.05, 0) is 91.0 Å². The topological polar surface area (TPSA) is 4.93 Å². The highest BCUT2D eigenvalue weighted by Gasteiger charge is 2.16. The Labute approximate surface area is 249 Å². The molecule has 200 valence electrons. The molecule has 0 spiro atoms. The Morgan fingerprint density at radius 1 is 0.256 bits per heavy atom. The zero-order chi connectivity index (χ0) is 28.3. The van der Waals surface area contributed by atoms with Crippen molar-refractivity contribution in [3.05, 3.63) is 164 Å². The summed E-state index contributed by atoms with van der Waals surface area (Å²) in [6.45, 7) is 0. The Hall–Kier alpha value is -5.66. The van der Waals surface area contributed by atoms with Gasteiger partial charge in [-0.2, -0.15) is 0 Å². The Kier molecular flexibility index (Phi) is 5.27. The molecule has 0 unspecified atom stereocenters. The van der Waals surface area contributed by atoms with E-state index in [4.69, 9.17) is 0 Å². The summed E-state index contributed by atoms with van der Waals surface area (Å²) in [5, 5.41) is 10.3. The Balaban J connectivity index is 1.36. The number of fused-ring (bicyclic) bond motifs is 9. The molecule has 43 heavy (non-hydrogen) atoms. The van der Waals surface area contributed by atoms with Gasteiger partial charge in [0, 0.05) is 16.5 Å². The third kappa shape index (κ3) is 3.72. The molecule has 1 aromatic heterocycles. The van der Waals surface area contributed by atoms with Gasteiger partial charge in [-0.3, -0.25) is 0 Å². The molecular weight excluding hydrogens is 518 g/mol. The summed E-state index contributed by atoms with van der Waals surface area (Å²) in [5.74, 6) is 0. The molecule has 0 atom stereocenters. The molecule has 1 nitrogen and oxygen atoms in total. The number of hydrogen-bond acceptors (Lipinski definition) is 0. The van der Waals surface area contributed by atoms with E-state index in [1.807, 2.05) is 0 Å². The Morgan fingerprint density at radius 2 is 0.674 bits per heavy atom. The van der Waals surface area contributed by atoms with Crippen molar-refractivity contribution in [1.82, 2.24) is 4.57 Å². The van der Waals surface area contributed by atoms with Crippen LogP contribution in [-0.4, -0.2) is 4.57 Å². The fourth-order valence-electron chi connectivity index (χ4n) is 6.96. The van der Waals surface area contributed by atoms with E-state index >= 15 is 0 Å². The fraction of sp³-hybridized carbons (Fsp3) is 0. The molecule has 0 aliphatic rings. The smallest absolute Gasteiger partial charge is 0.0541 e. The van der Waals surface area contributed by atoms with Crippen LogP contribution in [0.4, 0.5) is 0 Å². The lowest BCUT2D eigenvalue weighted by Gasteiger charge is -2.14. The van der Waals surface area contributed by atoms with Crippen molar-refractivity contribution in [2.24, 2.45) is 0 Å². The van der Waals surface area contributed by atoms with Crippen LogP contribution in [0.15, 0.2) is 164 Å². The van der Waals surface area contributed by atoms with Crippen molar-refractivity contribution < 1.29 is 0 Å². The van der Waals surface area contributed by atoms with Crippen LogP contribution in [0, 0.1) is 0 Å². The number of nitrogens with zero attached hydrogens (tertiary/aromatic N) is 1. The van der Waals surface area contributed by atoms with Crippen molar-refractivity contribution in [2.45, 2.75) is 0 Å². The molecule has 0 saturated carbocycles. The predicted molar refractivity (Wildman–Crippen MR) is 184 cm³/mol. The van der Waals surface area contributed by atoms with Crippen molar-refractivity contribution in [1.29, 1.82) is 0 Å². The van der Waals surface area contributed by atoms with Gasteiger partial charge in [0.15, 0.2) is 0 Å². The molecule has 0 aliphatic heterocycles. The van der Waals surface area contributed by atoms with E-state index in [0.717, 1.165) is 0 Å². The van der Waals surface area contributed by atoms with Crippen molar-refractivity contribution in [2.75, 3.05) is 0 Å². The van der Waals surface area contributed by atoms with E-state index in [1.165, 1.54) is 82.1 Å². The highest BCUT2D eigenvalue weighted by Crippen LogP contribution is 2.40. The first kappa shape index (κ1) is 24.0. The number of aromatic nitrogens is 1. The van der Waals surface area contributed by atoms with Crippen LogP contribution in [-0.2, 0) is 0 Å². The van der Waals surface area contributed by atoms with Crippen molar-refractivity contribution in [3.8, 4) is 27.9 Å². The maximum Gasteiger partial charge on any atom is 0.0541 e. The van der Waals surface area contributed by atoms with Gasteiger partial charge in [0.1, 0.15) is 0 Å². The van der Waals surface area contributed by atoms with Gasteiger partial charge in [-0.15, -0.1) is 0 Å². The van der Waals surface area contributed by atoms with E-state index in [2.05, 4.69) is 168 Å². The summed E-state index contributed by atoms with van der Waals surface area (Å²) in [5.41, 5.74) is 8.52. The van der Waals surface area contributed by atoms with E-state index in [9.17, 15) is 0 Å². The first-order valence-electron chi connectivity index (χ1n) is 14.9. The minimum atomic E-state index is 1.17. The molecule has 9 aromatic rings. The molecule has 8 aromatic carbocycles. The summed E-state index contributed by atoms with van der Waals surface area (Å²) >= 11 is 0. The van der Waals surface area contributed by atoms with Crippen LogP contribution in [0.1, 0.15) is 0 Å². The molecule has 0 aliphatic carbocycles. The molecular formula is C42H27N. The second-order valence-electron chi connectivity index (χ2n) is 11.4. The molecule has 0 N–H and O–H groups in total. The van der Waals surface area contributed by atoms with E-state index < -0.39 is 0 Å². The predicted octanol–water partition coefficient (Wildman–Crippen LogP) is 11.6. The Morgan fingerprint density at radius 3 is 1.16 bits per heavy atom. The standard InChI is InChI=1S/C42H27N/c1-3-11-28(12-4-1)30-19-23-41-39(25-30)40-26-31(29-13-5-2-6-14-29)20-24-42(40)43(41)32-21-22-37-35-17-8-7-15-33(35)34-16-9-10-18-36(34)38(37)27-32/h1-27H. The van der Waals surface area contributed by atoms with Crippen LogP contribution in [0.3, 0.4) is 0 Å². The first-order chi connectivity index (χ1) is 21.3. The largest absolute Gasteiger partial charge is 0.309 e. The van der Waals surface area contributed by atoms with Crippen LogP contribution in [0.2, 0.25) is 0 Å². The third-order valence-electron chi connectivity index (χ3n) is 8.97. The molecule has 0 amide bonds. The molecule has 9 rings (SSSR count). The van der Waals surface area contributed by atoms with E-state index in [-0.39, 0.29) is 0 Å². The average Bonchev–Trinajstić information content (AvgIpc) is 3.42. The zero-order valence-electron chi connectivity index (χ0n) is 23.5. The summed E-state index contributed by atoms with van der Waals surface area (Å²) in [6, 6.07) is 59.8. The zero-order valence-corrected chi connectivity index (χ0v) is 23.5. The van der Waals surface area contributed by atoms with Gasteiger partial charge < -0.3 is 4.57 Å². The second-order valence-corrected chi connectivity index (χ2v) is 11.4. The van der Waals surface area contributed by atoms with Gasteiger partial charge in [0.25, 0.3) is 0 Å². The lowest BCUT2D eigenvalue weighted by atomic mass is 9.94. The SMILES string of the molecule is c1ccc(-c2ccc3c(c2)c2cc(-c4ccccc4)ccc2n3-c2ccc3c4ccccc4c4ccccc4c3c2)cc1. The first-order valence-corrected chi connectivity index (χ1v) is 14.9. The highest BCUT2D eigenvalue weighted by atomic mass is 15.0. The highest BCUT2D eigenvalue weighted by molar-refractivity contribution is 6.25. The third-order valence-corrected chi connectivity index (χ3v) is 8.97. The maximum atomic E-state index is 2.44. The molecule has 0 radical (unpaired) electrons. The second kappa shape index (κ2) is 9.44. The average molecular weight is 546 g/mol. The Bertz CT molecular complexity index is 2350. The molecule has 0 fully saturated rings. The summed E-state index contributed by atoms with van der Waals surface area (Å²) in [4.78, 5) is 0. The van der Waals surface area contributed by atoms with E-state index in [1.54, 1.807) is 0 Å². The molecule has 1 heteroatoms. The minimum absolute atomic E-state index is 1.17. The number of benzene rings is 8. The normalized spacial score (nSPS) is 11.7. The molecule has 0 saturated heterocycles. The maximum absolute atomic E-state index is 2.44. The number of rotatable bonds is 3. The van der Waals surface area contributed by atoms with Crippen LogP contribution in [0.5, 0.6) is 0 Å². The summed E-state index contributed by atoms with van der Waals surface area (Å²) in [6.07, 6.45) is 0. The van der Waals surface area contributed by atoms with Gasteiger partial charge >= 0.3 is 0 Å². The summed E-state index contributed by atoms with van der Waals surface area (Å²) < 4.78 is 2.44. The monoisotopic (exact) mass is 545 g/mol. The number of hydrogen-bond donors (Lipinski definition) is 0. The van der Waals surface area contributed by atoms with Crippen LogP contribution >= 0.6 is 0 Å². The van der Waals surface area contributed by atoms with Gasteiger partial charge in [-0.25, -0.2) is 0 Å². The molecule has 0 bridgehead atoms. The quantitative estimate of drug-likeness (QED) is 0.195. The lowest BCUT2D eigenvalue weighted by Crippen LogP contribution is -1.94. The van der Waals surface area contributed by atoms with Crippen LogP contribution < -0.4 is 0 Å². The molecule has 1 heterocycles. The summed E-state index contributed by atoms with van der Waals surface area (Å²) in [7, 11) is 0. The minimum Gasteiger partial charge on any atom is -0.309 e. The lowest BCUT2D eigenvalue weighted by molar-refractivity contribution is 1.19. The van der Waals surface area contributed by atoms with Gasteiger partial charge in [-0.1, -0.05) is 127 Å².